The summed E-state index contributed by atoms with van der Waals surface area (Å²) < 4.78 is 5.40. The molecular formula is C13H14N2O3. The molecule has 0 bridgehead atoms. The van der Waals surface area contributed by atoms with E-state index in [1.165, 1.54) is 6.07 Å². The second-order valence-electron chi connectivity index (χ2n) is 4.14. The summed E-state index contributed by atoms with van der Waals surface area (Å²) in [5.41, 5.74) is 1.55. The molecule has 0 saturated carbocycles. The third-order valence-corrected chi connectivity index (χ3v) is 2.60. The number of furan rings is 1. The molecule has 0 fully saturated rings. The summed E-state index contributed by atoms with van der Waals surface area (Å²) in [6, 6.07) is 8.70. The molecule has 0 unspecified atom stereocenters. The molecule has 1 aromatic carbocycles. The molecule has 1 N–H and O–H groups in total. The summed E-state index contributed by atoms with van der Waals surface area (Å²) in [6.45, 7) is 4.18. The van der Waals surface area contributed by atoms with Crippen molar-refractivity contribution in [2.24, 2.45) is 0 Å². The highest BCUT2D eigenvalue weighted by Gasteiger charge is 2.13. The van der Waals surface area contributed by atoms with Gasteiger partial charge in [-0.1, -0.05) is 6.07 Å². The first-order valence-electron chi connectivity index (χ1n) is 5.60. The van der Waals surface area contributed by atoms with Gasteiger partial charge in [-0.15, -0.1) is 0 Å². The van der Waals surface area contributed by atoms with Crippen molar-refractivity contribution in [1.29, 1.82) is 0 Å². The Kier molecular flexibility index (Phi) is 3.32. The normalized spacial score (nSPS) is 10.3. The van der Waals surface area contributed by atoms with Gasteiger partial charge in [-0.2, -0.15) is 0 Å². The van der Waals surface area contributed by atoms with Crippen molar-refractivity contribution in [2.75, 3.05) is 5.32 Å². The lowest BCUT2D eigenvalue weighted by atomic mass is 10.2. The molecule has 0 radical (unpaired) electrons. The highest BCUT2D eigenvalue weighted by atomic mass is 16.6. The van der Waals surface area contributed by atoms with Crippen LogP contribution in [0.3, 0.4) is 0 Å². The molecule has 0 atom stereocenters. The van der Waals surface area contributed by atoms with Crippen LogP contribution in [0, 0.1) is 24.0 Å². The summed E-state index contributed by atoms with van der Waals surface area (Å²) in [5.74, 6) is 1.58. The highest BCUT2D eigenvalue weighted by molar-refractivity contribution is 5.62. The molecule has 1 heterocycles. The van der Waals surface area contributed by atoms with Crippen LogP contribution in [0.2, 0.25) is 0 Å². The van der Waals surface area contributed by atoms with Gasteiger partial charge in [0, 0.05) is 6.07 Å². The molecule has 0 saturated heterocycles. The summed E-state index contributed by atoms with van der Waals surface area (Å²) in [6.07, 6.45) is 0. The molecule has 18 heavy (non-hydrogen) atoms. The van der Waals surface area contributed by atoms with Crippen LogP contribution >= 0.6 is 0 Å². The first-order valence-corrected chi connectivity index (χ1v) is 5.60. The zero-order valence-corrected chi connectivity index (χ0v) is 10.3. The van der Waals surface area contributed by atoms with Gasteiger partial charge in [0.15, 0.2) is 0 Å². The summed E-state index contributed by atoms with van der Waals surface area (Å²) >= 11 is 0. The van der Waals surface area contributed by atoms with E-state index in [1.807, 2.05) is 26.0 Å². The van der Waals surface area contributed by atoms with Gasteiger partial charge >= 0.3 is 0 Å². The van der Waals surface area contributed by atoms with Gasteiger partial charge in [0.25, 0.3) is 5.69 Å². The molecule has 0 aliphatic heterocycles. The Bertz CT molecular complexity index is 575. The Morgan fingerprint density at radius 3 is 2.67 bits per heavy atom. The van der Waals surface area contributed by atoms with Crippen molar-refractivity contribution < 1.29 is 9.34 Å². The average molecular weight is 246 g/mol. The largest absolute Gasteiger partial charge is 0.465 e. The standard InChI is InChI=1S/C13H14N2O3/c1-9-3-6-13(15(16)17)12(7-9)14-8-11-5-4-10(2)18-11/h3-7,14H,8H2,1-2H3. The maximum Gasteiger partial charge on any atom is 0.292 e. The lowest BCUT2D eigenvalue weighted by Gasteiger charge is -2.06. The Morgan fingerprint density at radius 2 is 2.06 bits per heavy atom. The van der Waals surface area contributed by atoms with Crippen LogP contribution in [0.25, 0.3) is 0 Å². The number of anilines is 1. The van der Waals surface area contributed by atoms with Gasteiger partial charge in [0.1, 0.15) is 17.2 Å². The van der Waals surface area contributed by atoms with Crippen LogP contribution in [0.5, 0.6) is 0 Å². The average Bonchev–Trinajstić information content (AvgIpc) is 2.72. The zero-order chi connectivity index (χ0) is 13.1. The minimum absolute atomic E-state index is 0.0730. The lowest BCUT2D eigenvalue weighted by Crippen LogP contribution is -2.02. The van der Waals surface area contributed by atoms with Crippen molar-refractivity contribution in [3.05, 3.63) is 57.5 Å². The number of rotatable bonds is 4. The Balaban J connectivity index is 2.17. The highest BCUT2D eigenvalue weighted by Crippen LogP contribution is 2.25. The van der Waals surface area contributed by atoms with Crippen LogP contribution < -0.4 is 5.32 Å². The Morgan fingerprint density at radius 1 is 1.28 bits per heavy atom. The smallest absolute Gasteiger partial charge is 0.292 e. The monoisotopic (exact) mass is 246 g/mol. The molecule has 5 nitrogen and oxygen atoms in total. The molecule has 0 spiro atoms. The second kappa shape index (κ2) is 4.91. The molecule has 0 amide bonds. The maximum atomic E-state index is 10.9. The van der Waals surface area contributed by atoms with Crippen molar-refractivity contribution in [3.63, 3.8) is 0 Å². The predicted molar refractivity (Wildman–Crippen MR) is 68.6 cm³/mol. The predicted octanol–water partition coefficient (Wildman–Crippen LogP) is 3.42. The number of nitrogens with zero attached hydrogens (tertiary/aromatic N) is 1. The Hall–Kier alpha value is -2.30. The van der Waals surface area contributed by atoms with E-state index in [0.29, 0.717) is 12.2 Å². The van der Waals surface area contributed by atoms with E-state index < -0.39 is 4.92 Å². The fourth-order valence-electron chi connectivity index (χ4n) is 1.71. The summed E-state index contributed by atoms with van der Waals surface area (Å²) in [7, 11) is 0. The molecule has 0 aliphatic rings. The van der Waals surface area contributed by atoms with Crippen LogP contribution in [0.1, 0.15) is 17.1 Å². The van der Waals surface area contributed by atoms with Gasteiger partial charge in [0.2, 0.25) is 0 Å². The van der Waals surface area contributed by atoms with Crippen molar-refractivity contribution in [3.8, 4) is 0 Å². The van der Waals surface area contributed by atoms with Crippen LogP contribution in [-0.4, -0.2) is 4.92 Å². The van der Waals surface area contributed by atoms with Gasteiger partial charge < -0.3 is 9.73 Å². The third kappa shape index (κ3) is 2.68. The van der Waals surface area contributed by atoms with Gasteiger partial charge in [0.05, 0.1) is 11.5 Å². The summed E-state index contributed by atoms with van der Waals surface area (Å²) in [4.78, 5) is 10.5. The van der Waals surface area contributed by atoms with E-state index in [-0.39, 0.29) is 5.69 Å². The molecule has 2 rings (SSSR count). The zero-order valence-electron chi connectivity index (χ0n) is 10.3. The number of nitro benzene ring substituents is 1. The number of hydrogen-bond donors (Lipinski definition) is 1. The fourth-order valence-corrected chi connectivity index (χ4v) is 1.71. The number of benzene rings is 1. The van der Waals surface area contributed by atoms with E-state index in [9.17, 15) is 10.1 Å². The van der Waals surface area contributed by atoms with Crippen LogP contribution in [0.4, 0.5) is 11.4 Å². The van der Waals surface area contributed by atoms with Crippen LogP contribution in [0.15, 0.2) is 34.7 Å². The fraction of sp³-hybridized carbons (Fsp3) is 0.231. The second-order valence-corrected chi connectivity index (χ2v) is 4.14. The SMILES string of the molecule is Cc1ccc([N+](=O)[O-])c(NCc2ccc(C)o2)c1. The molecule has 2 aromatic rings. The molecule has 0 aliphatic carbocycles. The molecule has 94 valence electrons. The Labute approximate surface area is 105 Å². The van der Waals surface area contributed by atoms with E-state index in [1.54, 1.807) is 12.1 Å². The van der Waals surface area contributed by atoms with Gasteiger partial charge in [-0.3, -0.25) is 10.1 Å². The summed E-state index contributed by atoms with van der Waals surface area (Å²) in [5, 5.41) is 13.9. The molecular weight excluding hydrogens is 232 g/mol. The third-order valence-electron chi connectivity index (χ3n) is 2.60. The van der Waals surface area contributed by atoms with Crippen molar-refractivity contribution >= 4 is 11.4 Å². The van der Waals surface area contributed by atoms with Gasteiger partial charge in [-0.25, -0.2) is 0 Å². The van der Waals surface area contributed by atoms with Gasteiger partial charge in [-0.05, 0) is 37.6 Å². The van der Waals surface area contributed by atoms with E-state index in [2.05, 4.69) is 5.32 Å². The van der Waals surface area contributed by atoms with Crippen molar-refractivity contribution in [2.45, 2.75) is 20.4 Å². The minimum atomic E-state index is -0.394. The van der Waals surface area contributed by atoms with E-state index in [4.69, 9.17) is 4.42 Å². The van der Waals surface area contributed by atoms with E-state index in [0.717, 1.165) is 17.1 Å². The maximum absolute atomic E-state index is 10.9. The topological polar surface area (TPSA) is 68.3 Å². The van der Waals surface area contributed by atoms with Crippen molar-refractivity contribution in [1.82, 2.24) is 0 Å². The van der Waals surface area contributed by atoms with E-state index >= 15 is 0 Å². The molecule has 1 aromatic heterocycles. The van der Waals surface area contributed by atoms with Crippen LogP contribution in [-0.2, 0) is 6.54 Å². The minimum Gasteiger partial charge on any atom is -0.465 e. The lowest BCUT2D eigenvalue weighted by molar-refractivity contribution is -0.384. The number of aryl methyl sites for hydroxylation is 2. The quantitative estimate of drug-likeness (QED) is 0.663. The first-order chi connectivity index (χ1) is 8.56. The first kappa shape index (κ1) is 12.2. The number of hydrogen-bond acceptors (Lipinski definition) is 4. The molecule has 5 heteroatoms. The number of nitrogens with one attached hydrogen (secondary N) is 1. The number of nitro groups is 1.